The molecule has 1 aliphatic heterocycles. The van der Waals surface area contributed by atoms with Crippen LogP contribution in [0.1, 0.15) is 29.7 Å². The highest BCUT2D eigenvalue weighted by Crippen LogP contribution is 2.34. The number of fused-ring (bicyclic) bond motifs is 1. The first-order valence-corrected chi connectivity index (χ1v) is 10.6. The summed E-state index contributed by atoms with van der Waals surface area (Å²) < 4.78 is 6.55. The second kappa shape index (κ2) is 10.3. The van der Waals surface area contributed by atoms with Crippen molar-refractivity contribution >= 4 is 29.4 Å². The SMILES string of the molecule is COCCNC(=O)Cn1nc2c(c1NC(=O)CCCc1ccccc1)CSC2. The van der Waals surface area contributed by atoms with E-state index in [1.807, 2.05) is 18.2 Å². The number of rotatable bonds is 10. The molecular weight excluding hydrogens is 376 g/mol. The van der Waals surface area contributed by atoms with Crippen LogP contribution in [0.25, 0.3) is 0 Å². The maximum atomic E-state index is 12.5. The fraction of sp³-hybridized carbons (Fsp3) is 0.450. The van der Waals surface area contributed by atoms with Crippen LogP contribution in [0.5, 0.6) is 0 Å². The van der Waals surface area contributed by atoms with Crippen LogP contribution in [0, 0.1) is 0 Å². The maximum Gasteiger partial charge on any atom is 0.241 e. The Bertz CT molecular complexity index is 807. The second-order valence-corrected chi connectivity index (χ2v) is 7.64. The summed E-state index contributed by atoms with van der Waals surface area (Å²) in [5.74, 6) is 2.08. The molecule has 0 aliphatic carbocycles. The first-order valence-electron chi connectivity index (χ1n) is 9.43. The molecule has 8 heteroatoms. The van der Waals surface area contributed by atoms with Gasteiger partial charge in [-0.3, -0.25) is 9.59 Å². The number of nitrogens with one attached hydrogen (secondary N) is 2. The minimum absolute atomic E-state index is 0.0448. The monoisotopic (exact) mass is 402 g/mol. The van der Waals surface area contributed by atoms with Gasteiger partial charge in [0.2, 0.25) is 11.8 Å². The Morgan fingerprint density at radius 3 is 2.82 bits per heavy atom. The number of ether oxygens (including phenoxy) is 1. The summed E-state index contributed by atoms with van der Waals surface area (Å²) in [7, 11) is 1.59. The number of hydrogen-bond donors (Lipinski definition) is 2. The van der Waals surface area contributed by atoms with E-state index in [0.29, 0.717) is 25.4 Å². The molecule has 2 aromatic rings. The number of thioether (sulfide) groups is 1. The number of hydrogen-bond acceptors (Lipinski definition) is 5. The van der Waals surface area contributed by atoms with Gasteiger partial charge < -0.3 is 15.4 Å². The molecule has 150 valence electrons. The van der Waals surface area contributed by atoms with Crippen molar-refractivity contribution in [2.75, 3.05) is 25.6 Å². The molecule has 2 N–H and O–H groups in total. The van der Waals surface area contributed by atoms with Crippen molar-refractivity contribution in [3.05, 3.63) is 47.2 Å². The maximum absolute atomic E-state index is 12.5. The summed E-state index contributed by atoms with van der Waals surface area (Å²) in [5, 5.41) is 10.3. The lowest BCUT2D eigenvalue weighted by Gasteiger charge is -2.11. The van der Waals surface area contributed by atoms with Crippen molar-refractivity contribution < 1.29 is 14.3 Å². The van der Waals surface area contributed by atoms with Crippen LogP contribution in [0.15, 0.2) is 30.3 Å². The van der Waals surface area contributed by atoms with Crippen molar-refractivity contribution in [2.24, 2.45) is 0 Å². The summed E-state index contributed by atoms with van der Waals surface area (Å²) in [6, 6.07) is 10.1. The van der Waals surface area contributed by atoms with Crippen LogP contribution in [0.2, 0.25) is 0 Å². The Balaban J connectivity index is 1.57. The second-order valence-electron chi connectivity index (χ2n) is 6.65. The van der Waals surface area contributed by atoms with Crippen LogP contribution in [-0.4, -0.2) is 41.9 Å². The average molecular weight is 403 g/mol. The summed E-state index contributed by atoms with van der Waals surface area (Å²) in [5.41, 5.74) is 3.21. The molecule has 0 saturated heterocycles. The lowest BCUT2D eigenvalue weighted by atomic mass is 10.1. The van der Waals surface area contributed by atoms with Gasteiger partial charge in [-0.2, -0.15) is 16.9 Å². The van der Waals surface area contributed by atoms with Crippen molar-refractivity contribution in [2.45, 2.75) is 37.3 Å². The third-order valence-electron chi connectivity index (χ3n) is 4.51. The minimum atomic E-state index is -0.148. The van der Waals surface area contributed by atoms with E-state index in [-0.39, 0.29) is 18.4 Å². The molecular formula is C20H26N4O3S. The zero-order valence-corrected chi connectivity index (χ0v) is 16.9. The zero-order valence-electron chi connectivity index (χ0n) is 16.1. The van der Waals surface area contributed by atoms with Gasteiger partial charge in [-0.1, -0.05) is 30.3 Å². The fourth-order valence-electron chi connectivity index (χ4n) is 3.10. The third-order valence-corrected chi connectivity index (χ3v) is 5.48. The summed E-state index contributed by atoms with van der Waals surface area (Å²) >= 11 is 1.77. The molecule has 1 aliphatic rings. The highest BCUT2D eigenvalue weighted by molar-refractivity contribution is 7.98. The number of carbonyl (C=O) groups excluding carboxylic acids is 2. The number of anilines is 1. The van der Waals surface area contributed by atoms with Crippen molar-refractivity contribution in [3.8, 4) is 0 Å². The molecule has 0 fully saturated rings. The molecule has 7 nitrogen and oxygen atoms in total. The lowest BCUT2D eigenvalue weighted by Crippen LogP contribution is -2.31. The van der Waals surface area contributed by atoms with Crippen LogP contribution < -0.4 is 10.6 Å². The number of benzene rings is 1. The Labute approximate surface area is 169 Å². The number of amides is 2. The number of aromatic nitrogens is 2. The topological polar surface area (TPSA) is 85.2 Å². The van der Waals surface area contributed by atoms with Crippen molar-refractivity contribution in [3.63, 3.8) is 0 Å². The fourth-order valence-corrected chi connectivity index (χ4v) is 4.13. The Morgan fingerprint density at radius 2 is 2.04 bits per heavy atom. The average Bonchev–Trinajstić information content (AvgIpc) is 3.26. The standard InChI is InChI=1S/C20H26N4O3S/c1-27-11-10-21-19(26)12-24-20(16-13-28-14-17(16)23-24)22-18(25)9-5-8-15-6-3-2-4-7-15/h2-4,6-7H,5,8-14H2,1H3,(H,21,26)(H,22,25). The van der Waals surface area contributed by atoms with E-state index in [2.05, 4.69) is 27.9 Å². The molecule has 2 amide bonds. The van der Waals surface area contributed by atoms with Gasteiger partial charge in [0.15, 0.2) is 0 Å². The molecule has 0 radical (unpaired) electrons. The van der Waals surface area contributed by atoms with Crippen LogP contribution in [0.3, 0.4) is 0 Å². The Morgan fingerprint density at radius 1 is 1.21 bits per heavy atom. The summed E-state index contributed by atoms with van der Waals surface area (Å²) in [6.07, 6.45) is 2.07. The van der Waals surface area contributed by atoms with Crippen molar-refractivity contribution in [1.29, 1.82) is 0 Å². The van der Waals surface area contributed by atoms with Gasteiger partial charge in [0, 0.05) is 37.1 Å². The number of methoxy groups -OCH3 is 1. The van der Waals surface area contributed by atoms with E-state index in [9.17, 15) is 9.59 Å². The van der Waals surface area contributed by atoms with Gasteiger partial charge >= 0.3 is 0 Å². The van der Waals surface area contributed by atoms with E-state index < -0.39 is 0 Å². The van der Waals surface area contributed by atoms with Crippen LogP contribution in [-0.2, 0) is 38.8 Å². The molecule has 1 aromatic heterocycles. The van der Waals surface area contributed by atoms with Gasteiger partial charge in [0.05, 0.1) is 12.3 Å². The van der Waals surface area contributed by atoms with Gasteiger partial charge in [0.25, 0.3) is 0 Å². The molecule has 28 heavy (non-hydrogen) atoms. The molecule has 2 heterocycles. The van der Waals surface area contributed by atoms with Crippen LogP contribution in [0.4, 0.5) is 5.82 Å². The lowest BCUT2D eigenvalue weighted by molar-refractivity contribution is -0.122. The quantitative estimate of drug-likeness (QED) is 0.596. The smallest absolute Gasteiger partial charge is 0.241 e. The molecule has 3 rings (SSSR count). The van der Waals surface area contributed by atoms with E-state index in [1.54, 1.807) is 23.6 Å². The number of aryl methyl sites for hydroxylation is 1. The molecule has 0 saturated carbocycles. The van der Waals surface area contributed by atoms with Gasteiger partial charge in [-0.25, -0.2) is 4.68 Å². The predicted molar refractivity (Wildman–Crippen MR) is 110 cm³/mol. The summed E-state index contributed by atoms with van der Waals surface area (Å²) in [4.78, 5) is 24.6. The van der Waals surface area contributed by atoms with E-state index in [0.717, 1.165) is 35.6 Å². The molecule has 0 atom stereocenters. The van der Waals surface area contributed by atoms with Gasteiger partial charge in [-0.05, 0) is 18.4 Å². The molecule has 0 unspecified atom stereocenters. The van der Waals surface area contributed by atoms with E-state index >= 15 is 0 Å². The van der Waals surface area contributed by atoms with E-state index in [1.165, 1.54) is 5.56 Å². The first-order chi connectivity index (χ1) is 13.7. The first kappa shape index (κ1) is 20.4. The minimum Gasteiger partial charge on any atom is -0.383 e. The molecule has 1 aromatic carbocycles. The van der Waals surface area contributed by atoms with Gasteiger partial charge in [0.1, 0.15) is 12.4 Å². The highest BCUT2D eigenvalue weighted by Gasteiger charge is 2.24. The number of nitrogens with zero attached hydrogens (tertiary/aromatic N) is 2. The zero-order chi connectivity index (χ0) is 19.8. The molecule has 0 spiro atoms. The largest absolute Gasteiger partial charge is 0.383 e. The van der Waals surface area contributed by atoms with Crippen LogP contribution >= 0.6 is 11.8 Å². The van der Waals surface area contributed by atoms with Crippen molar-refractivity contribution in [1.82, 2.24) is 15.1 Å². The normalized spacial score (nSPS) is 12.6. The van der Waals surface area contributed by atoms with E-state index in [4.69, 9.17) is 4.74 Å². The number of carbonyl (C=O) groups is 2. The van der Waals surface area contributed by atoms with Gasteiger partial charge in [-0.15, -0.1) is 0 Å². The predicted octanol–water partition coefficient (Wildman–Crippen LogP) is 2.35. The summed E-state index contributed by atoms with van der Waals surface area (Å²) in [6.45, 7) is 0.997. The highest BCUT2D eigenvalue weighted by atomic mass is 32.2. The Kier molecular flexibility index (Phi) is 7.50. The molecule has 0 bridgehead atoms. The third kappa shape index (κ3) is 5.59. The Hall–Kier alpha value is -2.32.